The van der Waals surface area contributed by atoms with Crippen LogP contribution in [0.3, 0.4) is 0 Å². The molecule has 0 amide bonds. The summed E-state index contributed by atoms with van der Waals surface area (Å²) in [6.07, 6.45) is 11.3. The van der Waals surface area contributed by atoms with Gasteiger partial charge in [-0.15, -0.1) is 0 Å². The summed E-state index contributed by atoms with van der Waals surface area (Å²) in [6, 6.07) is 6.52. The molecule has 0 radical (unpaired) electrons. The van der Waals surface area contributed by atoms with Gasteiger partial charge in [-0.05, 0) is 65.6 Å². The molecule has 1 aromatic carbocycles. The minimum atomic E-state index is -0.424. The van der Waals surface area contributed by atoms with Crippen molar-refractivity contribution < 1.29 is 14.9 Å². The third-order valence-electron chi connectivity index (χ3n) is 7.48. The van der Waals surface area contributed by atoms with E-state index in [0.717, 1.165) is 50.8 Å². The van der Waals surface area contributed by atoms with Gasteiger partial charge in [0, 0.05) is 29.4 Å². The molecular formula is C28H45NO3. The van der Waals surface area contributed by atoms with Crippen molar-refractivity contribution in [1.82, 2.24) is 4.90 Å². The SMILES string of the molecule is CCCCC[C@H](O)/C=C/[C@@H]1[C@H]2c3cccc(CCCCN(C)C(C)(C)C)c3O[C@H]2C[C@H]1O. The average Bonchev–Trinajstić information content (AvgIpc) is 3.24. The number of nitrogens with zero attached hydrogens (tertiary/aromatic N) is 1. The smallest absolute Gasteiger partial charge is 0.126 e. The molecule has 2 N–H and O–H groups in total. The second-order valence-corrected chi connectivity index (χ2v) is 10.9. The highest BCUT2D eigenvalue weighted by molar-refractivity contribution is 5.49. The quantitative estimate of drug-likeness (QED) is 0.352. The summed E-state index contributed by atoms with van der Waals surface area (Å²) in [6.45, 7) is 10.0. The van der Waals surface area contributed by atoms with Gasteiger partial charge in [0.05, 0.1) is 12.2 Å². The van der Waals surface area contributed by atoms with Crippen LogP contribution in [0.1, 0.15) is 89.7 Å². The average molecular weight is 444 g/mol. The fourth-order valence-corrected chi connectivity index (χ4v) is 5.12. The summed E-state index contributed by atoms with van der Waals surface area (Å²) < 4.78 is 6.41. The van der Waals surface area contributed by atoms with Gasteiger partial charge in [-0.2, -0.15) is 0 Å². The monoisotopic (exact) mass is 443 g/mol. The second-order valence-electron chi connectivity index (χ2n) is 10.9. The topological polar surface area (TPSA) is 52.9 Å². The fraction of sp³-hybridized carbons (Fsp3) is 0.714. The Hall–Kier alpha value is -1.36. The Balaban J connectivity index is 1.62. The van der Waals surface area contributed by atoms with E-state index in [2.05, 4.69) is 63.9 Å². The first kappa shape index (κ1) is 25.3. The van der Waals surface area contributed by atoms with Crippen LogP contribution < -0.4 is 4.74 Å². The van der Waals surface area contributed by atoms with E-state index in [9.17, 15) is 10.2 Å². The Kier molecular flexibility index (Phi) is 8.82. The van der Waals surface area contributed by atoms with Crippen LogP contribution >= 0.6 is 0 Å². The fourth-order valence-electron chi connectivity index (χ4n) is 5.12. The first-order valence-electron chi connectivity index (χ1n) is 12.8. The van der Waals surface area contributed by atoms with Crippen molar-refractivity contribution >= 4 is 0 Å². The molecule has 1 aliphatic heterocycles. The maximum absolute atomic E-state index is 10.7. The van der Waals surface area contributed by atoms with E-state index in [1.54, 1.807) is 0 Å². The number of benzene rings is 1. The molecule has 180 valence electrons. The lowest BCUT2D eigenvalue weighted by Gasteiger charge is -2.31. The van der Waals surface area contributed by atoms with Crippen molar-refractivity contribution in [2.75, 3.05) is 13.6 Å². The number of hydrogen-bond acceptors (Lipinski definition) is 4. The number of hydrogen-bond donors (Lipinski definition) is 2. The van der Waals surface area contributed by atoms with E-state index in [4.69, 9.17) is 4.74 Å². The van der Waals surface area contributed by atoms with Gasteiger partial charge < -0.3 is 19.8 Å². The van der Waals surface area contributed by atoms with Crippen LogP contribution in [0.5, 0.6) is 5.75 Å². The molecule has 1 fully saturated rings. The van der Waals surface area contributed by atoms with Crippen LogP contribution in [0, 0.1) is 5.92 Å². The van der Waals surface area contributed by atoms with E-state index in [1.807, 2.05) is 6.08 Å². The van der Waals surface area contributed by atoms with Crippen LogP contribution in [0.15, 0.2) is 30.4 Å². The summed E-state index contributed by atoms with van der Waals surface area (Å²) >= 11 is 0. The molecule has 4 heteroatoms. The molecule has 0 saturated heterocycles. The first-order valence-corrected chi connectivity index (χ1v) is 12.8. The Bertz CT molecular complexity index is 754. The highest BCUT2D eigenvalue weighted by Crippen LogP contribution is 2.52. The zero-order valence-electron chi connectivity index (χ0n) is 20.9. The third-order valence-corrected chi connectivity index (χ3v) is 7.48. The first-order chi connectivity index (χ1) is 15.2. The number of aryl methyl sites for hydroxylation is 1. The number of ether oxygens (including phenoxy) is 1. The van der Waals surface area contributed by atoms with E-state index in [-0.39, 0.29) is 23.5 Å². The van der Waals surface area contributed by atoms with Crippen LogP contribution in [-0.2, 0) is 6.42 Å². The van der Waals surface area contributed by atoms with E-state index >= 15 is 0 Å². The number of fused-ring (bicyclic) bond motifs is 3. The number of aliphatic hydroxyl groups excluding tert-OH is 2. The highest BCUT2D eigenvalue weighted by Gasteiger charge is 2.48. The normalized spacial score (nSPS) is 25.9. The van der Waals surface area contributed by atoms with Crippen molar-refractivity contribution in [2.24, 2.45) is 5.92 Å². The summed E-state index contributed by atoms with van der Waals surface area (Å²) in [5.41, 5.74) is 2.75. The van der Waals surface area contributed by atoms with E-state index in [0.29, 0.717) is 6.42 Å². The maximum atomic E-state index is 10.7. The zero-order valence-corrected chi connectivity index (χ0v) is 20.9. The summed E-state index contributed by atoms with van der Waals surface area (Å²) in [4.78, 5) is 2.41. The van der Waals surface area contributed by atoms with Crippen molar-refractivity contribution in [3.63, 3.8) is 0 Å². The lowest BCUT2D eigenvalue weighted by atomic mass is 9.86. The molecule has 32 heavy (non-hydrogen) atoms. The lowest BCUT2D eigenvalue weighted by molar-refractivity contribution is 0.135. The predicted molar refractivity (Wildman–Crippen MR) is 132 cm³/mol. The zero-order chi connectivity index (χ0) is 23.3. The van der Waals surface area contributed by atoms with Crippen molar-refractivity contribution in [1.29, 1.82) is 0 Å². The van der Waals surface area contributed by atoms with Gasteiger partial charge in [-0.3, -0.25) is 0 Å². The summed E-state index contributed by atoms with van der Waals surface area (Å²) in [7, 11) is 2.20. The minimum Gasteiger partial charge on any atom is -0.489 e. The summed E-state index contributed by atoms with van der Waals surface area (Å²) in [5, 5.41) is 21.0. The molecule has 0 unspecified atom stereocenters. The molecule has 0 spiro atoms. The van der Waals surface area contributed by atoms with Gasteiger partial charge >= 0.3 is 0 Å². The van der Waals surface area contributed by atoms with Crippen LogP contribution in [0.25, 0.3) is 0 Å². The Labute approximate surface area is 195 Å². The molecule has 1 aromatic rings. The Morgan fingerprint density at radius 1 is 1.19 bits per heavy atom. The van der Waals surface area contributed by atoms with Crippen molar-refractivity contribution in [3.8, 4) is 5.75 Å². The molecule has 1 aliphatic carbocycles. The predicted octanol–water partition coefficient (Wildman–Crippen LogP) is 5.46. The Morgan fingerprint density at radius 2 is 1.97 bits per heavy atom. The lowest BCUT2D eigenvalue weighted by Crippen LogP contribution is -2.38. The van der Waals surface area contributed by atoms with Gasteiger partial charge in [-0.25, -0.2) is 0 Å². The van der Waals surface area contributed by atoms with Crippen LogP contribution in [0.4, 0.5) is 0 Å². The van der Waals surface area contributed by atoms with Crippen molar-refractivity contribution in [2.45, 2.75) is 109 Å². The van der Waals surface area contributed by atoms with Crippen LogP contribution in [0.2, 0.25) is 0 Å². The summed E-state index contributed by atoms with van der Waals surface area (Å²) in [5.74, 6) is 1.25. The molecule has 4 nitrogen and oxygen atoms in total. The van der Waals surface area contributed by atoms with E-state index < -0.39 is 12.2 Å². The Morgan fingerprint density at radius 3 is 2.69 bits per heavy atom. The molecular weight excluding hydrogens is 398 g/mol. The molecule has 1 heterocycles. The van der Waals surface area contributed by atoms with E-state index in [1.165, 1.54) is 17.5 Å². The van der Waals surface area contributed by atoms with Gasteiger partial charge in [-0.1, -0.05) is 56.5 Å². The maximum Gasteiger partial charge on any atom is 0.126 e. The number of unbranched alkanes of at least 4 members (excludes halogenated alkanes) is 3. The number of aliphatic hydroxyl groups is 2. The third kappa shape index (κ3) is 6.15. The van der Waals surface area contributed by atoms with Gasteiger partial charge in [0.25, 0.3) is 0 Å². The van der Waals surface area contributed by atoms with Gasteiger partial charge in [0.2, 0.25) is 0 Å². The van der Waals surface area contributed by atoms with Crippen LogP contribution in [-0.4, -0.2) is 52.6 Å². The molecule has 0 bridgehead atoms. The molecule has 3 rings (SSSR count). The molecule has 1 saturated carbocycles. The minimum absolute atomic E-state index is 0.0118. The standard InChI is InChI=1S/C28H45NO3/c1-6-7-8-14-21(30)16-17-22-24(31)19-25-26(22)23-15-11-13-20(27(23)32-25)12-9-10-18-29(5)28(2,3)4/h11,13,15-17,21-22,24-26,30-31H,6-10,12,14,18-19H2,1-5H3/b17-16+/t21-,22-,24+,25-,26-/m0/s1. The number of para-hydroxylation sites is 1. The highest BCUT2D eigenvalue weighted by atomic mass is 16.5. The molecule has 2 aliphatic rings. The number of rotatable bonds is 11. The largest absolute Gasteiger partial charge is 0.489 e. The molecule has 0 aromatic heterocycles. The van der Waals surface area contributed by atoms with Gasteiger partial charge in [0.15, 0.2) is 0 Å². The molecule has 5 atom stereocenters. The van der Waals surface area contributed by atoms with Gasteiger partial charge in [0.1, 0.15) is 11.9 Å². The van der Waals surface area contributed by atoms with Crippen molar-refractivity contribution in [3.05, 3.63) is 41.5 Å². The second kappa shape index (κ2) is 11.2.